The third-order valence-electron chi connectivity index (χ3n) is 4.84. The molecule has 1 aliphatic carbocycles. The van der Waals surface area contributed by atoms with Crippen molar-refractivity contribution in [2.45, 2.75) is 5.92 Å². The summed E-state index contributed by atoms with van der Waals surface area (Å²) in [6.07, 6.45) is -0.508. The number of nitrogens with one attached hydrogen (secondary N) is 1. The lowest BCUT2D eigenvalue weighted by Gasteiger charge is -2.14. The van der Waals surface area contributed by atoms with Crippen LogP contribution < -0.4 is 5.32 Å². The van der Waals surface area contributed by atoms with E-state index >= 15 is 0 Å². The highest BCUT2D eigenvalue weighted by Crippen LogP contribution is 2.44. The largest absolute Gasteiger partial charge is 0.449 e. The molecule has 1 N–H and O–H groups in total. The molecule has 3 nitrogen and oxygen atoms in total. The maximum Gasteiger partial charge on any atom is 0.407 e. The fraction of sp³-hybridized carbons (Fsp3) is 0.125. The summed E-state index contributed by atoms with van der Waals surface area (Å²) in [4.78, 5) is 12.1. The summed E-state index contributed by atoms with van der Waals surface area (Å²) >= 11 is 12.2. The fourth-order valence-electron chi connectivity index (χ4n) is 3.52. The summed E-state index contributed by atoms with van der Waals surface area (Å²) in [6.45, 7) is 0.405. The van der Waals surface area contributed by atoms with E-state index in [4.69, 9.17) is 27.9 Å². The van der Waals surface area contributed by atoms with Crippen LogP contribution in [0.2, 0.25) is 10.0 Å². The molecule has 4 rings (SSSR count). The van der Waals surface area contributed by atoms with Crippen molar-refractivity contribution in [3.05, 3.63) is 93.5 Å². The first-order valence-corrected chi connectivity index (χ1v) is 9.92. The molecule has 1 aliphatic rings. The monoisotopic (exact) mass is 421 g/mol. The molecule has 0 heterocycles. The number of benzene rings is 3. The van der Waals surface area contributed by atoms with Gasteiger partial charge in [0, 0.05) is 5.92 Å². The van der Waals surface area contributed by atoms with Crippen LogP contribution in [-0.4, -0.2) is 19.2 Å². The van der Waals surface area contributed by atoms with Crippen molar-refractivity contribution in [3.8, 4) is 23.0 Å². The van der Waals surface area contributed by atoms with Crippen LogP contribution >= 0.6 is 23.2 Å². The average Bonchev–Trinajstić information content (AvgIpc) is 3.05. The molecular formula is C24H17Cl2NO2. The smallest absolute Gasteiger partial charge is 0.407 e. The van der Waals surface area contributed by atoms with Gasteiger partial charge in [0.1, 0.15) is 6.61 Å². The van der Waals surface area contributed by atoms with Gasteiger partial charge in [-0.2, -0.15) is 0 Å². The van der Waals surface area contributed by atoms with Crippen LogP contribution in [0.5, 0.6) is 0 Å². The third-order valence-corrected chi connectivity index (χ3v) is 5.47. The molecule has 3 aromatic rings. The molecule has 0 saturated carbocycles. The van der Waals surface area contributed by atoms with Crippen molar-refractivity contribution in [2.75, 3.05) is 13.2 Å². The Bertz CT molecular complexity index is 1070. The van der Waals surface area contributed by atoms with E-state index in [0.717, 1.165) is 0 Å². The first-order valence-electron chi connectivity index (χ1n) is 9.17. The minimum atomic E-state index is -0.508. The maximum atomic E-state index is 12.1. The van der Waals surface area contributed by atoms with Crippen molar-refractivity contribution in [1.82, 2.24) is 5.32 Å². The van der Waals surface area contributed by atoms with Crippen LogP contribution in [0.4, 0.5) is 4.79 Å². The van der Waals surface area contributed by atoms with E-state index < -0.39 is 6.09 Å². The van der Waals surface area contributed by atoms with Gasteiger partial charge < -0.3 is 10.1 Å². The standard InChI is InChI=1S/C24H17Cl2NO2/c25-22-12-5-13-23(26)20(22)11-6-14-27-24(28)29-15-21-18-9-3-1-7-16(18)17-8-2-4-10-19(17)21/h1-5,7-10,12-13,21H,14-15H2,(H,27,28). The first kappa shape index (κ1) is 19.4. The van der Waals surface area contributed by atoms with Crippen LogP contribution in [0.1, 0.15) is 22.6 Å². The topological polar surface area (TPSA) is 38.3 Å². The molecule has 0 unspecified atom stereocenters. The second-order valence-corrected chi connectivity index (χ2v) is 7.39. The zero-order chi connectivity index (χ0) is 20.2. The summed E-state index contributed by atoms with van der Waals surface area (Å²) in [7, 11) is 0. The molecule has 0 saturated heterocycles. The summed E-state index contributed by atoms with van der Waals surface area (Å²) < 4.78 is 5.47. The predicted octanol–water partition coefficient (Wildman–Crippen LogP) is 5.88. The Hall–Kier alpha value is -2.93. The highest BCUT2D eigenvalue weighted by Gasteiger charge is 2.28. The molecule has 0 aromatic heterocycles. The number of hydrogen-bond donors (Lipinski definition) is 1. The molecule has 0 fully saturated rings. The molecule has 0 aliphatic heterocycles. The second-order valence-electron chi connectivity index (χ2n) is 6.58. The first-order chi connectivity index (χ1) is 14.1. The highest BCUT2D eigenvalue weighted by molar-refractivity contribution is 6.36. The van der Waals surface area contributed by atoms with Crippen LogP contribution in [0.15, 0.2) is 66.7 Å². The number of fused-ring (bicyclic) bond motifs is 3. The number of rotatable bonds is 3. The lowest BCUT2D eigenvalue weighted by Crippen LogP contribution is -2.26. The molecule has 29 heavy (non-hydrogen) atoms. The Morgan fingerprint density at radius 1 is 0.897 bits per heavy atom. The Kier molecular flexibility index (Phi) is 5.76. The van der Waals surface area contributed by atoms with Gasteiger partial charge in [0.25, 0.3) is 0 Å². The molecule has 1 amide bonds. The van der Waals surface area contributed by atoms with E-state index in [0.29, 0.717) is 15.6 Å². The van der Waals surface area contributed by atoms with E-state index in [1.165, 1.54) is 22.3 Å². The van der Waals surface area contributed by atoms with Gasteiger partial charge in [-0.05, 0) is 34.4 Å². The van der Waals surface area contributed by atoms with Crippen molar-refractivity contribution in [2.24, 2.45) is 0 Å². The Labute approximate surface area is 179 Å². The lowest BCUT2D eigenvalue weighted by molar-refractivity contribution is 0.144. The molecule has 5 heteroatoms. The fourth-order valence-corrected chi connectivity index (χ4v) is 4.01. The lowest BCUT2D eigenvalue weighted by atomic mass is 9.98. The number of ether oxygens (including phenoxy) is 1. The zero-order valence-electron chi connectivity index (χ0n) is 15.4. The van der Waals surface area contributed by atoms with Crippen molar-refractivity contribution in [1.29, 1.82) is 0 Å². The van der Waals surface area contributed by atoms with Gasteiger partial charge in [0.15, 0.2) is 0 Å². The minimum absolute atomic E-state index is 0.0289. The van der Waals surface area contributed by atoms with E-state index in [1.807, 2.05) is 24.3 Å². The Balaban J connectivity index is 1.37. The van der Waals surface area contributed by atoms with Gasteiger partial charge in [-0.15, -0.1) is 0 Å². The molecule has 0 spiro atoms. The van der Waals surface area contributed by atoms with Crippen LogP contribution in [-0.2, 0) is 4.74 Å². The Morgan fingerprint density at radius 3 is 2.10 bits per heavy atom. The number of carbonyl (C=O) groups is 1. The van der Waals surface area contributed by atoms with E-state index in [1.54, 1.807) is 18.2 Å². The average molecular weight is 422 g/mol. The minimum Gasteiger partial charge on any atom is -0.449 e. The molecule has 0 radical (unpaired) electrons. The number of amides is 1. The van der Waals surface area contributed by atoms with Gasteiger partial charge in [0.05, 0.1) is 22.2 Å². The molecule has 0 bridgehead atoms. The summed E-state index contributed by atoms with van der Waals surface area (Å²) in [5, 5.41) is 3.60. The summed E-state index contributed by atoms with van der Waals surface area (Å²) in [6, 6.07) is 21.6. The van der Waals surface area contributed by atoms with Crippen molar-refractivity contribution in [3.63, 3.8) is 0 Å². The Morgan fingerprint density at radius 2 is 1.48 bits per heavy atom. The molecule has 3 aromatic carbocycles. The third kappa shape index (κ3) is 4.10. The number of alkyl carbamates (subject to hydrolysis) is 1. The number of carbonyl (C=O) groups excluding carboxylic acids is 1. The van der Waals surface area contributed by atoms with E-state index in [9.17, 15) is 4.79 Å². The van der Waals surface area contributed by atoms with Gasteiger partial charge in [-0.3, -0.25) is 0 Å². The van der Waals surface area contributed by atoms with Gasteiger partial charge in [-0.25, -0.2) is 4.79 Å². The van der Waals surface area contributed by atoms with Crippen LogP contribution in [0.25, 0.3) is 11.1 Å². The van der Waals surface area contributed by atoms with Crippen LogP contribution in [0.3, 0.4) is 0 Å². The molecular weight excluding hydrogens is 405 g/mol. The number of halogens is 2. The van der Waals surface area contributed by atoms with Crippen LogP contribution in [0, 0.1) is 11.8 Å². The van der Waals surface area contributed by atoms with Gasteiger partial charge in [0.2, 0.25) is 0 Å². The summed E-state index contributed by atoms with van der Waals surface area (Å²) in [5.41, 5.74) is 5.29. The second kappa shape index (κ2) is 8.61. The number of hydrogen-bond acceptors (Lipinski definition) is 2. The molecule has 144 valence electrons. The van der Waals surface area contributed by atoms with Crippen molar-refractivity contribution >= 4 is 29.3 Å². The van der Waals surface area contributed by atoms with Gasteiger partial charge >= 0.3 is 6.09 Å². The van der Waals surface area contributed by atoms with E-state index in [-0.39, 0.29) is 19.1 Å². The quantitative estimate of drug-likeness (QED) is 0.535. The normalized spacial score (nSPS) is 11.8. The van der Waals surface area contributed by atoms with Crippen molar-refractivity contribution < 1.29 is 9.53 Å². The predicted molar refractivity (Wildman–Crippen MR) is 116 cm³/mol. The van der Waals surface area contributed by atoms with E-state index in [2.05, 4.69) is 41.4 Å². The maximum absolute atomic E-state index is 12.1. The zero-order valence-corrected chi connectivity index (χ0v) is 16.9. The SMILES string of the molecule is O=C(NCC#Cc1c(Cl)cccc1Cl)OCC1c2ccccc2-c2ccccc21. The van der Waals surface area contributed by atoms with Gasteiger partial charge in [-0.1, -0.05) is 89.6 Å². The molecule has 0 atom stereocenters. The summed E-state index contributed by atoms with van der Waals surface area (Å²) in [5.74, 6) is 5.75. The highest BCUT2D eigenvalue weighted by atomic mass is 35.5.